The van der Waals surface area contributed by atoms with Crippen LogP contribution in [-0.4, -0.2) is 77.9 Å². The van der Waals surface area contributed by atoms with Crippen LogP contribution in [-0.2, 0) is 16.0 Å². The lowest BCUT2D eigenvalue weighted by Gasteiger charge is -2.37. The van der Waals surface area contributed by atoms with E-state index in [4.69, 9.17) is 0 Å². The minimum atomic E-state index is -0.501. The van der Waals surface area contributed by atoms with Crippen LogP contribution in [0.4, 0.5) is 4.79 Å². The summed E-state index contributed by atoms with van der Waals surface area (Å²) in [4.78, 5) is 44.2. The summed E-state index contributed by atoms with van der Waals surface area (Å²) in [7, 11) is 0. The Morgan fingerprint density at radius 2 is 2.04 bits per heavy atom. The fraction of sp³-hybridized carbons (Fsp3) is 0.611. The summed E-state index contributed by atoms with van der Waals surface area (Å²) < 4.78 is 0. The molecule has 4 rings (SSSR count). The molecule has 3 aliphatic rings. The van der Waals surface area contributed by atoms with Gasteiger partial charge in [0.2, 0.25) is 5.91 Å². The highest BCUT2D eigenvalue weighted by atomic mass is 32.1. The van der Waals surface area contributed by atoms with Crippen molar-refractivity contribution >= 4 is 29.2 Å². The number of nitrogens with zero attached hydrogens (tertiary/aromatic N) is 3. The van der Waals surface area contributed by atoms with Gasteiger partial charge in [0.15, 0.2) is 0 Å². The van der Waals surface area contributed by atoms with Gasteiger partial charge in [-0.1, -0.05) is 6.07 Å². The number of thiophene rings is 1. The molecule has 4 heterocycles. The fourth-order valence-electron chi connectivity index (χ4n) is 4.17. The topological polar surface area (TPSA) is 77.5 Å². The van der Waals surface area contributed by atoms with Crippen LogP contribution in [0.3, 0.4) is 0 Å². The van der Waals surface area contributed by atoms with Gasteiger partial charge in [0.1, 0.15) is 6.04 Å². The Morgan fingerprint density at radius 3 is 2.77 bits per heavy atom. The number of urea groups is 1. The molecule has 3 saturated heterocycles. The first kappa shape index (κ1) is 17.5. The first-order valence-electron chi connectivity index (χ1n) is 9.40. The standard InChI is InChI=1S/C18H24N4O3S/c23-16(13-3-6-19-7-4-13)20-9-10-21-15(12-20)17(24)22(18(21)25)8-5-14-2-1-11-26-14/h1-2,11,13,15,19H,3-10,12H2/p+1/t15-/m1/s1. The lowest BCUT2D eigenvalue weighted by atomic mass is 9.96. The molecule has 4 amide bonds. The number of fused-ring (bicyclic) bond motifs is 1. The number of amides is 4. The molecule has 0 bridgehead atoms. The average molecular weight is 377 g/mol. The predicted molar refractivity (Wildman–Crippen MR) is 96.6 cm³/mol. The van der Waals surface area contributed by atoms with Crippen LogP contribution < -0.4 is 5.32 Å². The van der Waals surface area contributed by atoms with Crippen LogP contribution in [0, 0.1) is 5.92 Å². The van der Waals surface area contributed by atoms with E-state index in [1.807, 2.05) is 22.4 Å². The Bertz CT molecular complexity index is 687. The Balaban J connectivity index is 1.39. The quantitative estimate of drug-likeness (QED) is 0.735. The molecular formula is C18H25N4O3S+. The second kappa shape index (κ2) is 7.36. The van der Waals surface area contributed by atoms with E-state index in [0.717, 1.165) is 25.9 Å². The van der Waals surface area contributed by atoms with Gasteiger partial charge in [-0.25, -0.2) is 4.79 Å². The van der Waals surface area contributed by atoms with E-state index in [2.05, 4.69) is 5.32 Å². The van der Waals surface area contributed by atoms with Gasteiger partial charge in [-0.2, -0.15) is 0 Å². The minimum Gasteiger partial charge on any atom is -0.346 e. The van der Waals surface area contributed by atoms with E-state index in [-0.39, 0.29) is 23.8 Å². The number of rotatable bonds is 4. The summed E-state index contributed by atoms with van der Waals surface area (Å²) in [5.74, 6) is 0.0877. The summed E-state index contributed by atoms with van der Waals surface area (Å²) in [5.41, 5.74) is 0. The normalized spacial score (nSPS) is 24.3. The molecule has 0 radical (unpaired) electrons. The monoisotopic (exact) mass is 377 g/mol. The van der Waals surface area contributed by atoms with E-state index in [1.165, 1.54) is 9.78 Å². The van der Waals surface area contributed by atoms with Crippen molar-refractivity contribution < 1.29 is 19.7 Å². The zero-order chi connectivity index (χ0) is 18.1. The molecule has 26 heavy (non-hydrogen) atoms. The number of hydrogen-bond acceptors (Lipinski definition) is 4. The number of piperazine rings is 1. The van der Waals surface area contributed by atoms with Gasteiger partial charge in [-0.15, -0.1) is 11.3 Å². The molecule has 1 atom stereocenters. The van der Waals surface area contributed by atoms with E-state index in [9.17, 15) is 14.4 Å². The van der Waals surface area contributed by atoms with E-state index in [0.29, 0.717) is 32.6 Å². The lowest BCUT2D eigenvalue weighted by molar-refractivity contribution is -0.664. The number of nitrogens with two attached hydrogens (primary N) is 1. The van der Waals surface area contributed by atoms with Gasteiger partial charge >= 0.3 is 6.03 Å². The SMILES string of the molecule is O=C(C1CC[NH2+]CC1)N1CCN2C(=O)N(CCc3cccs3)C(=O)[C@H]2C1. The van der Waals surface area contributed by atoms with Gasteiger partial charge in [0, 0.05) is 43.3 Å². The third-order valence-electron chi connectivity index (χ3n) is 5.67. The van der Waals surface area contributed by atoms with E-state index < -0.39 is 6.04 Å². The lowest BCUT2D eigenvalue weighted by Crippen LogP contribution is -2.86. The highest BCUT2D eigenvalue weighted by molar-refractivity contribution is 7.09. The molecule has 3 fully saturated rings. The first-order valence-corrected chi connectivity index (χ1v) is 10.3. The Kier molecular flexibility index (Phi) is 4.95. The summed E-state index contributed by atoms with van der Waals surface area (Å²) in [6.07, 6.45) is 2.50. The summed E-state index contributed by atoms with van der Waals surface area (Å²) >= 11 is 1.64. The van der Waals surface area contributed by atoms with E-state index >= 15 is 0 Å². The smallest absolute Gasteiger partial charge is 0.327 e. The number of carbonyl (C=O) groups excluding carboxylic acids is 3. The zero-order valence-corrected chi connectivity index (χ0v) is 15.6. The number of quaternary nitrogens is 1. The molecule has 0 saturated carbocycles. The molecular weight excluding hydrogens is 352 g/mol. The average Bonchev–Trinajstić information content (AvgIpc) is 3.28. The molecule has 0 aromatic carbocycles. The molecule has 2 N–H and O–H groups in total. The number of piperidine rings is 1. The summed E-state index contributed by atoms with van der Waals surface area (Å²) in [6.45, 7) is 3.74. The maximum atomic E-state index is 12.8. The second-order valence-electron chi connectivity index (χ2n) is 7.24. The second-order valence-corrected chi connectivity index (χ2v) is 8.27. The molecule has 140 valence electrons. The highest BCUT2D eigenvalue weighted by Crippen LogP contribution is 2.25. The molecule has 3 aliphatic heterocycles. The first-order chi connectivity index (χ1) is 12.6. The summed E-state index contributed by atoms with van der Waals surface area (Å²) in [6, 6.07) is 3.30. The number of hydrogen-bond donors (Lipinski definition) is 1. The van der Waals surface area contributed by atoms with Crippen molar-refractivity contribution in [2.24, 2.45) is 5.92 Å². The third kappa shape index (κ3) is 3.23. The van der Waals surface area contributed by atoms with Crippen molar-refractivity contribution in [3.8, 4) is 0 Å². The van der Waals surface area contributed by atoms with Gasteiger partial charge in [0.05, 0.1) is 19.6 Å². The third-order valence-corrected chi connectivity index (χ3v) is 6.61. The van der Waals surface area contributed by atoms with Crippen molar-refractivity contribution in [1.29, 1.82) is 0 Å². The van der Waals surface area contributed by atoms with Crippen LogP contribution in [0.5, 0.6) is 0 Å². The minimum absolute atomic E-state index is 0.0775. The van der Waals surface area contributed by atoms with E-state index in [1.54, 1.807) is 16.2 Å². The van der Waals surface area contributed by atoms with Crippen LogP contribution in [0.2, 0.25) is 0 Å². The van der Waals surface area contributed by atoms with Crippen molar-refractivity contribution in [2.45, 2.75) is 25.3 Å². The Labute approximate surface area is 156 Å². The largest absolute Gasteiger partial charge is 0.346 e. The molecule has 0 unspecified atom stereocenters. The van der Waals surface area contributed by atoms with Crippen molar-refractivity contribution in [3.63, 3.8) is 0 Å². The molecule has 0 aliphatic carbocycles. The molecule has 1 aromatic heterocycles. The maximum Gasteiger partial charge on any atom is 0.327 e. The maximum absolute atomic E-state index is 12.8. The van der Waals surface area contributed by atoms with Gasteiger partial charge < -0.3 is 15.1 Å². The zero-order valence-electron chi connectivity index (χ0n) is 14.8. The Morgan fingerprint density at radius 1 is 1.23 bits per heavy atom. The predicted octanol–water partition coefficient (Wildman–Crippen LogP) is -0.261. The van der Waals surface area contributed by atoms with Crippen LogP contribution >= 0.6 is 11.3 Å². The molecule has 7 nitrogen and oxygen atoms in total. The van der Waals surface area contributed by atoms with Crippen LogP contribution in [0.1, 0.15) is 17.7 Å². The van der Waals surface area contributed by atoms with Crippen molar-refractivity contribution in [3.05, 3.63) is 22.4 Å². The molecule has 0 spiro atoms. The van der Waals surface area contributed by atoms with Gasteiger partial charge in [0.25, 0.3) is 5.91 Å². The highest BCUT2D eigenvalue weighted by Gasteiger charge is 2.48. The van der Waals surface area contributed by atoms with Crippen molar-refractivity contribution in [1.82, 2.24) is 14.7 Å². The van der Waals surface area contributed by atoms with Crippen molar-refractivity contribution in [2.75, 3.05) is 39.3 Å². The Hall–Kier alpha value is -1.93. The summed E-state index contributed by atoms with van der Waals surface area (Å²) in [5, 5.41) is 4.24. The fourth-order valence-corrected chi connectivity index (χ4v) is 4.87. The van der Waals surface area contributed by atoms with Crippen LogP contribution in [0.15, 0.2) is 17.5 Å². The molecule has 8 heteroatoms. The molecule has 1 aromatic rings. The van der Waals surface area contributed by atoms with Crippen LogP contribution in [0.25, 0.3) is 0 Å². The van der Waals surface area contributed by atoms with Gasteiger partial charge in [-0.05, 0) is 17.9 Å². The number of imide groups is 1. The van der Waals surface area contributed by atoms with Gasteiger partial charge in [-0.3, -0.25) is 14.5 Å². The number of carbonyl (C=O) groups is 3.